The SMILES string of the molecule is Cc1ccc(Oc2cnc3n2CCN(c2cn[nH]c(=O)c2Cl)C3)c(C)c1. The topological polar surface area (TPSA) is 76.0 Å². The molecular formula is C18H18ClN5O2. The summed E-state index contributed by atoms with van der Waals surface area (Å²) in [5.74, 6) is 2.39. The Morgan fingerprint density at radius 2 is 2.08 bits per heavy atom. The van der Waals surface area contributed by atoms with E-state index in [4.69, 9.17) is 16.3 Å². The smallest absolute Gasteiger partial charge is 0.285 e. The van der Waals surface area contributed by atoms with Gasteiger partial charge in [-0.3, -0.25) is 9.36 Å². The van der Waals surface area contributed by atoms with Crippen LogP contribution >= 0.6 is 11.6 Å². The number of anilines is 1. The second kappa shape index (κ2) is 6.49. The third-order valence-electron chi connectivity index (χ3n) is 4.49. The molecular weight excluding hydrogens is 354 g/mol. The maximum absolute atomic E-state index is 11.7. The Morgan fingerprint density at radius 3 is 2.88 bits per heavy atom. The van der Waals surface area contributed by atoms with E-state index in [1.54, 1.807) is 12.4 Å². The van der Waals surface area contributed by atoms with Gasteiger partial charge < -0.3 is 9.64 Å². The average molecular weight is 372 g/mol. The largest absolute Gasteiger partial charge is 0.439 e. The van der Waals surface area contributed by atoms with E-state index in [2.05, 4.69) is 28.2 Å². The molecule has 26 heavy (non-hydrogen) atoms. The van der Waals surface area contributed by atoms with E-state index in [0.29, 0.717) is 31.2 Å². The molecule has 0 spiro atoms. The van der Waals surface area contributed by atoms with Crippen LogP contribution in [0.25, 0.3) is 0 Å². The number of hydrogen-bond donors (Lipinski definition) is 1. The molecule has 0 bridgehead atoms. The van der Waals surface area contributed by atoms with Gasteiger partial charge in [0.1, 0.15) is 16.6 Å². The number of nitrogens with zero attached hydrogens (tertiary/aromatic N) is 4. The number of rotatable bonds is 3. The summed E-state index contributed by atoms with van der Waals surface area (Å²) >= 11 is 6.12. The van der Waals surface area contributed by atoms with Crippen LogP contribution in [0, 0.1) is 13.8 Å². The Hall–Kier alpha value is -2.80. The molecule has 0 fully saturated rings. The molecule has 3 heterocycles. The molecule has 0 saturated carbocycles. The highest BCUT2D eigenvalue weighted by molar-refractivity contribution is 6.32. The van der Waals surface area contributed by atoms with Crippen molar-refractivity contribution in [2.24, 2.45) is 0 Å². The number of fused-ring (bicyclic) bond motifs is 1. The first kappa shape index (κ1) is 16.7. The molecule has 0 saturated heterocycles. The first-order valence-corrected chi connectivity index (χ1v) is 8.68. The molecule has 1 N–H and O–H groups in total. The van der Waals surface area contributed by atoms with Gasteiger partial charge in [0.2, 0.25) is 5.88 Å². The lowest BCUT2D eigenvalue weighted by molar-refractivity contribution is 0.410. The third-order valence-corrected chi connectivity index (χ3v) is 4.86. The molecule has 4 rings (SSSR count). The standard InChI is InChI=1S/C18H18ClN5O2/c1-11-3-4-14(12(2)7-11)26-16-9-20-15-10-23(5-6-24(15)16)13-8-21-22-18(25)17(13)19/h3-4,7-9H,5-6,10H2,1-2H3,(H,22,25). The number of nitrogens with one attached hydrogen (secondary N) is 1. The molecule has 1 aliphatic heterocycles. The molecule has 0 atom stereocenters. The van der Waals surface area contributed by atoms with Crippen molar-refractivity contribution in [1.82, 2.24) is 19.7 Å². The number of aromatic amines is 1. The minimum atomic E-state index is -0.392. The molecule has 2 aromatic heterocycles. The van der Waals surface area contributed by atoms with Crippen LogP contribution in [0.3, 0.4) is 0 Å². The maximum atomic E-state index is 11.7. The average Bonchev–Trinajstić information content (AvgIpc) is 3.02. The van der Waals surface area contributed by atoms with Crippen LogP contribution in [-0.4, -0.2) is 26.3 Å². The van der Waals surface area contributed by atoms with Crippen LogP contribution < -0.4 is 15.2 Å². The van der Waals surface area contributed by atoms with Gasteiger partial charge in [-0.25, -0.2) is 10.1 Å². The van der Waals surface area contributed by atoms with Crippen molar-refractivity contribution in [3.63, 3.8) is 0 Å². The van der Waals surface area contributed by atoms with E-state index in [0.717, 1.165) is 17.1 Å². The predicted octanol–water partition coefficient (Wildman–Crippen LogP) is 3.05. The van der Waals surface area contributed by atoms with Crippen molar-refractivity contribution in [2.45, 2.75) is 26.9 Å². The zero-order chi connectivity index (χ0) is 18.3. The second-order valence-corrected chi connectivity index (χ2v) is 6.73. The number of halogens is 1. The number of benzene rings is 1. The summed E-state index contributed by atoms with van der Waals surface area (Å²) in [6, 6.07) is 6.09. The van der Waals surface area contributed by atoms with Gasteiger partial charge in [-0.1, -0.05) is 29.3 Å². The van der Waals surface area contributed by atoms with Crippen LogP contribution in [-0.2, 0) is 13.1 Å². The van der Waals surface area contributed by atoms with E-state index >= 15 is 0 Å². The maximum Gasteiger partial charge on any atom is 0.285 e. The highest BCUT2D eigenvalue weighted by atomic mass is 35.5. The monoisotopic (exact) mass is 371 g/mol. The third kappa shape index (κ3) is 2.94. The Labute approximate surface area is 155 Å². The zero-order valence-corrected chi connectivity index (χ0v) is 15.2. The van der Waals surface area contributed by atoms with Gasteiger partial charge in [0.15, 0.2) is 0 Å². The van der Waals surface area contributed by atoms with Gasteiger partial charge in [0.05, 0.1) is 24.6 Å². The molecule has 134 valence electrons. The fourth-order valence-electron chi connectivity index (χ4n) is 3.14. The number of ether oxygens (including phenoxy) is 1. The van der Waals surface area contributed by atoms with Gasteiger partial charge >= 0.3 is 0 Å². The van der Waals surface area contributed by atoms with Crippen molar-refractivity contribution in [3.8, 4) is 11.6 Å². The van der Waals surface area contributed by atoms with Crippen LogP contribution in [0.2, 0.25) is 5.02 Å². The Kier molecular flexibility index (Phi) is 4.16. The number of aromatic nitrogens is 4. The molecule has 0 radical (unpaired) electrons. The van der Waals surface area contributed by atoms with Crippen molar-refractivity contribution < 1.29 is 4.74 Å². The van der Waals surface area contributed by atoms with Crippen LogP contribution in [0.15, 0.2) is 35.4 Å². The van der Waals surface area contributed by atoms with Crippen molar-refractivity contribution in [1.29, 1.82) is 0 Å². The van der Waals surface area contributed by atoms with Crippen molar-refractivity contribution in [3.05, 3.63) is 62.9 Å². The summed E-state index contributed by atoms with van der Waals surface area (Å²) in [6.45, 7) is 5.97. The second-order valence-electron chi connectivity index (χ2n) is 6.36. The molecule has 8 heteroatoms. The molecule has 1 aromatic carbocycles. The summed E-state index contributed by atoms with van der Waals surface area (Å²) in [4.78, 5) is 18.1. The Morgan fingerprint density at radius 1 is 1.23 bits per heavy atom. The summed E-state index contributed by atoms with van der Waals surface area (Å²) in [5, 5.41) is 6.32. The molecule has 0 unspecified atom stereocenters. The number of imidazole rings is 1. The van der Waals surface area contributed by atoms with Gasteiger partial charge in [0.25, 0.3) is 5.56 Å². The first-order chi connectivity index (χ1) is 12.5. The predicted molar refractivity (Wildman–Crippen MR) is 99.1 cm³/mol. The molecule has 0 amide bonds. The van der Waals surface area contributed by atoms with Crippen LogP contribution in [0.5, 0.6) is 11.6 Å². The van der Waals surface area contributed by atoms with Crippen molar-refractivity contribution in [2.75, 3.05) is 11.4 Å². The quantitative estimate of drug-likeness (QED) is 0.765. The zero-order valence-electron chi connectivity index (χ0n) is 14.5. The highest BCUT2D eigenvalue weighted by Crippen LogP contribution is 2.30. The van der Waals surface area contributed by atoms with E-state index in [9.17, 15) is 4.79 Å². The van der Waals surface area contributed by atoms with E-state index in [-0.39, 0.29) is 5.02 Å². The lowest BCUT2D eigenvalue weighted by atomic mass is 10.1. The first-order valence-electron chi connectivity index (χ1n) is 8.30. The van der Waals surface area contributed by atoms with Crippen LogP contribution in [0.4, 0.5) is 5.69 Å². The Balaban J connectivity index is 1.59. The van der Waals surface area contributed by atoms with Gasteiger partial charge in [-0.05, 0) is 25.5 Å². The van der Waals surface area contributed by atoms with Crippen molar-refractivity contribution >= 4 is 17.3 Å². The Bertz CT molecular complexity index is 1030. The number of hydrogen-bond acceptors (Lipinski definition) is 5. The molecule has 7 nitrogen and oxygen atoms in total. The molecule has 1 aliphatic rings. The lowest BCUT2D eigenvalue weighted by Gasteiger charge is -2.30. The number of aryl methyl sites for hydroxylation is 2. The van der Waals surface area contributed by atoms with E-state index in [1.807, 2.05) is 28.5 Å². The summed E-state index contributed by atoms with van der Waals surface area (Å²) < 4.78 is 8.12. The summed E-state index contributed by atoms with van der Waals surface area (Å²) in [5.41, 5.74) is 2.50. The normalized spacial score (nSPS) is 13.6. The van der Waals surface area contributed by atoms with E-state index < -0.39 is 5.56 Å². The fraction of sp³-hybridized carbons (Fsp3) is 0.278. The van der Waals surface area contributed by atoms with Crippen LogP contribution in [0.1, 0.15) is 17.0 Å². The molecule has 0 aliphatic carbocycles. The minimum Gasteiger partial charge on any atom is -0.439 e. The molecule has 3 aromatic rings. The summed E-state index contributed by atoms with van der Waals surface area (Å²) in [6.07, 6.45) is 3.30. The minimum absolute atomic E-state index is 0.145. The van der Waals surface area contributed by atoms with Gasteiger partial charge in [-0.2, -0.15) is 5.10 Å². The van der Waals surface area contributed by atoms with Gasteiger partial charge in [0, 0.05) is 13.1 Å². The number of H-pyrrole nitrogens is 1. The highest BCUT2D eigenvalue weighted by Gasteiger charge is 2.23. The summed E-state index contributed by atoms with van der Waals surface area (Å²) in [7, 11) is 0. The van der Waals surface area contributed by atoms with E-state index in [1.165, 1.54) is 5.56 Å². The lowest BCUT2D eigenvalue weighted by Crippen LogP contribution is -2.35. The fourth-order valence-corrected chi connectivity index (χ4v) is 3.35. The van der Waals surface area contributed by atoms with Gasteiger partial charge in [-0.15, -0.1) is 0 Å².